The number of carboxylic acid groups (broad SMARTS) is 1. The van der Waals surface area contributed by atoms with Gasteiger partial charge < -0.3 is 24.6 Å². The van der Waals surface area contributed by atoms with Gasteiger partial charge in [0.05, 0.1) is 25.3 Å². The van der Waals surface area contributed by atoms with Crippen molar-refractivity contribution in [1.82, 2.24) is 4.90 Å². The number of aliphatic carboxylic acids is 1. The van der Waals surface area contributed by atoms with Gasteiger partial charge in [0.15, 0.2) is 0 Å². The molecular formula is C31H33F3N2O5. The monoisotopic (exact) mass is 570 g/mol. The zero-order valence-electron chi connectivity index (χ0n) is 22.7. The number of methoxy groups -OCH3 is 1. The fourth-order valence-corrected chi connectivity index (χ4v) is 4.85. The number of hydrogen-bond acceptors (Lipinski definition) is 6. The third-order valence-electron chi connectivity index (χ3n) is 7.04. The van der Waals surface area contributed by atoms with E-state index in [1.165, 1.54) is 0 Å². The third-order valence-corrected chi connectivity index (χ3v) is 7.04. The summed E-state index contributed by atoms with van der Waals surface area (Å²) in [5.41, 5.74) is 1.46. The van der Waals surface area contributed by atoms with Gasteiger partial charge in [-0.15, -0.1) is 0 Å². The number of halogens is 3. The van der Waals surface area contributed by atoms with Crippen molar-refractivity contribution >= 4 is 5.97 Å². The lowest BCUT2D eigenvalue weighted by atomic mass is 9.72. The number of carboxylic acids is 1. The van der Waals surface area contributed by atoms with Gasteiger partial charge in [-0.05, 0) is 85.8 Å². The number of likely N-dealkylation sites (tertiary alicyclic amines) is 1. The van der Waals surface area contributed by atoms with Crippen LogP contribution in [0.15, 0.2) is 78.9 Å². The minimum atomic E-state index is -5.08. The van der Waals surface area contributed by atoms with Crippen molar-refractivity contribution < 1.29 is 37.7 Å². The second kappa shape index (κ2) is 14.5. The molecule has 10 heteroatoms. The number of hydrogen-bond donors (Lipinski definition) is 2. The van der Waals surface area contributed by atoms with Crippen molar-refractivity contribution in [2.45, 2.75) is 31.0 Å². The second-order valence-electron chi connectivity index (χ2n) is 9.62. The molecule has 2 N–H and O–H groups in total. The zero-order valence-corrected chi connectivity index (χ0v) is 22.7. The van der Waals surface area contributed by atoms with Crippen LogP contribution in [0.4, 0.5) is 13.2 Å². The lowest BCUT2D eigenvalue weighted by Gasteiger charge is -2.42. The first kappa shape index (κ1) is 31.5. The maximum absolute atomic E-state index is 12.1. The Morgan fingerprint density at radius 3 is 2.00 bits per heavy atom. The Morgan fingerprint density at radius 2 is 1.49 bits per heavy atom. The molecule has 0 bridgehead atoms. The summed E-state index contributed by atoms with van der Waals surface area (Å²) >= 11 is 0. The minimum Gasteiger partial charge on any atom is -0.497 e. The molecule has 3 aromatic carbocycles. The number of benzene rings is 3. The molecule has 1 unspecified atom stereocenters. The molecule has 41 heavy (non-hydrogen) atoms. The predicted molar refractivity (Wildman–Crippen MR) is 147 cm³/mol. The highest BCUT2D eigenvalue weighted by Crippen LogP contribution is 2.42. The summed E-state index contributed by atoms with van der Waals surface area (Å²) in [6.45, 7) is 3.51. The van der Waals surface area contributed by atoms with E-state index in [-0.39, 0.29) is 5.92 Å². The van der Waals surface area contributed by atoms with Gasteiger partial charge in [0, 0.05) is 6.54 Å². The number of nitriles is 1. The maximum atomic E-state index is 12.1. The topological polar surface area (TPSA) is 103 Å². The largest absolute Gasteiger partial charge is 0.497 e. The summed E-state index contributed by atoms with van der Waals surface area (Å²) < 4.78 is 42.9. The maximum Gasteiger partial charge on any atom is 0.490 e. The highest BCUT2D eigenvalue weighted by atomic mass is 19.4. The first-order valence-corrected chi connectivity index (χ1v) is 13.2. The summed E-state index contributed by atoms with van der Waals surface area (Å²) in [6, 6.07) is 27.2. The lowest BCUT2D eigenvalue weighted by molar-refractivity contribution is -0.192. The summed E-state index contributed by atoms with van der Waals surface area (Å²) in [7, 11) is 1.66. The Bertz CT molecular complexity index is 1270. The van der Waals surface area contributed by atoms with Crippen molar-refractivity contribution in [2.24, 2.45) is 5.92 Å². The van der Waals surface area contributed by atoms with Gasteiger partial charge in [-0.2, -0.15) is 18.4 Å². The van der Waals surface area contributed by atoms with E-state index in [0.29, 0.717) is 12.2 Å². The Morgan fingerprint density at radius 1 is 0.951 bits per heavy atom. The molecular weight excluding hydrogens is 537 g/mol. The molecule has 0 aliphatic carbocycles. The molecule has 0 amide bonds. The molecule has 1 atom stereocenters. The normalized spacial score (nSPS) is 15.5. The van der Waals surface area contributed by atoms with Gasteiger partial charge in [-0.1, -0.05) is 42.5 Å². The standard InChI is InChI=1S/C29H32N2O3.C2HF3O2/c1-33-27-14-10-25(11-15-27)29(32,24-6-3-2-4-7-24)26-16-19-31(20-17-26)18-5-21-34-28-12-8-23(22-30)9-13-28;3-2(4,5)1(6)7/h2-4,6-15,26,32H,5,16-21H2,1H3;(H,6,7). The van der Waals surface area contributed by atoms with Gasteiger partial charge in [-0.25, -0.2) is 4.79 Å². The van der Waals surface area contributed by atoms with Crippen molar-refractivity contribution in [2.75, 3.05) is 33.4 Å². The molecule has 4 rings (SSSR count). The van der Waals surface area contributed by atoms with E-state index >= 15 is 0 Å². The first-order valence-electron chi connectivity index (χ1n) is 13.2. The number of ether oxygens (including phenoxy) is 2. The molecule has 3 aromatic rings. The van der Waals surface area contributed by atoms with E-state index in [1.54, 1.807) is 19.2 Å². The average molecular weight is 571 g/mol. The van der Waals surface area contributed by atoms with E-state index < -0.39 is 17.7 Å². The van der Waals surface area contributed by atoms with Crippen LogP contribution in [0, 0.1) is 17.2 Å². The summed E-state index contributed by atoms with van der Waals surface area (Å²) in [4.78, 5) is 11.4. The summed E-state index contributed by atoms with van der Waals surface area (Å²) in [5.74, 6) is -1.04. The van der Waals surface area contributed by atoms with Gasteiger partial charge in [0.1, 0.15) is 17.1 Å². The zero-order chi connectivity index (χ0) is 29.9. The van der Waals surface area contributed by atoms with Crippen LogP contribution < -0.4 is 9.47 Å². The van der Waals surface area contributed by atoms with E-state index in [2.05, 4.69) is 11.0 Å². The molecule has 1 aliphatic rings. The van der Waals surface area contributed by atoms with Crippen molar-refractivity contribution in [1.29, 1.82) is 5.26 Å². The Kier molecular flexibility index (Phi) is 11.1. The van der Waals surface area contributed by atoms with Crippen molar-refractivity contribution in [3.05, 3.63) is 95.6 Å². The number of piperidine rings is 1. The molecule has 1 saturated heterocycles. The van der Waals surface area contributed by atoms with Crippen LogP contribution in [0.25, 0.3) is 0 Å². The number of aliphatic hydroxyl groups is 1. The fourth-order valence-electron chi connectivity index (χ4n) is 4.85. The molecule has 0 saturated carbocycles. The molecule has 0 spiro atoms. The smallest absolute Gasteiger partial charge is 0.490 e. The Balaban J connectivity index is 0.000000587. The fraction of sp³-hybridized carbons (Fsp3) is 0.355. The average Bonchev–Trinajstić information content (AvgIpc) is 3.00. The van der Waals surface area contributed by atoms with Crippen LogP contribution in [-0.4, -0.2) is 60.6 Å². The van der Waals surface area contributed by atoms with Crippen molar-refractivity contribution in [3.8, 4) is 17.6 Å². The number of carbonyl (C=O) groups is 1. The van der Waals surface area contributed by atoms with E-state index in [1.807, 2.05) is 66.7 Å². The van der Waals surface area contributed by atoms with Crippen molar-refractivity contribution in [3.63, 3.8) is 0 Å². The van der Waals surface area contributed by atoms with E-state index in [9.17, 15) is 18.3 Å². The van der Waals surface area contributed by atoms with Crippen LogP contribution >= 0.6 is 0 Å². The quantitative estimate of drug-likeness (QED) is 0.322. The van der Waals surface area contributed by atoms with Crippen LogP contribution in [0.3, 0.4) is 0 Å². The SMILES string of the molecule is COc1ccc(C(O)(c2ccccc2)C2CCN(CCCOc3ccc(C#N)cc3)CC2)cc1.O=C(O)C(F)(F)F. The first-order chi connectivity index (χ1) is 19.6. The number of rotatable bonds is 9. The second-order valence-corrected chi connectivity index (χ2v) is 9.62. The predicted octanol–water partition coefficient (Wildman–Crippen LogP) is 5.62. The molecule has 1 fully saturated rings. The van der Waals surface area contributed by atoms with Gasteiger partial charge in [0.2, 0.25) is 0 Å². The molecule has 1 aliphatic heterocycles. The highest BCUT2D eigenvalue weighted by molar-refractivity contribution is 5.73. The summed E-state index contributed by atoms with van der Waals surface area (Å²) in [5, 5.41) is 28.1. The molecule has 0 radical (unpaired) electrons. The third kappa shape index (κ3) is 8.71. The van der Waals surface area contributed by atoms with Crippen LogP contribution in [0.1, 0.15) is 36.0 Å². The molecule has 1 heterocycles. The minimum absolute atomic E-state index is 0.134. The van der Waals surface area contributed by atoms with Gasteiger partial charge in [0.25, 0.3) is 0 Å². The number of alkyl halides is 3. The van der Waals surface area contributed by atoms with Crippen LogP contribution in [-0.2, 0) is 10.4 Å². The van der Waals surface area contributed by atoms with Crippen LogP contribution in [0.2, 0.25) is 0 Å². The molecule has 218 valence electrons. The van der Waals surface area contributed by atoms with E-state index in [4.69, 9.17) is 24.6 Å². The summed E-state index contributed by atoms with van der Waals surface area (Å²) in [6.07, 6.45) is -2.30. The van der Waals surface area contributed by atoms with Gasteiger partial charge in [-0.3, -0.25) is 0 Å². The molecule has 7 nitrogen and oxygen atoms in total. The van der Waals surface area contributed by atoms with Gasteiger partial charge >= 0.3 is 12.1 Å². The highest BCUT2D eigenvalue weighted by Gasteiger charge is 2.41. The lowest BCUT2D eigenvalue weighted by Crippen LogP contribution is -2.44. The Labute approximate surface area is 237 Å². The van der Waals surface area contributed by atoms with E-state index in [0.717, 1.165) is 61.5 Å². The Hall–Kier alpha value is -4.07. The number of nitrogens with zero attached hydrogens (tertiary/aromatic N) is 2. The van der Waals surface area contributed by atoms with Crippen LogP contribution in [0.5, 0.6) is 11.5 Å². The molecule has 0 aromatic heterocycles.